The molecular weight excluding hydrogens is 382 g/mol. The minimum Gasteiger partial charge on any atom is -0.493 e. The van der Waals surface area contributed by atoms with E-state index in [1.165, 1.54) is 0 Å². The number of hydrogen-bond acceptors (Lipinski definition) is 5. The molecular formula is C16H24BrNO4S. The molecule has 1 aromatic rings. The molecule has 0 fully saturated rings. The van der Waals surface area contributed by atoms with Crippen molar-refractivity contribution in [3.05, 3.63) is 22.2 Å². The zero-order chi connectivity index (χ0) is 17.2. The van der Waals surface area contributed by atoms with Gasteiger partial charge >= 0.3 is 5.97 Å². The van der Waals surface area contributed by atoms with Gasteiger partial charge in [0.05, 0.1) is 18.2 Å². The summed E-state index contributed by atoms with van der Waals surface area (Å²) in [6.07, 6.45) is 3.47. The van der Waals surface area contributed by atoms with Gasteiger partial charge in [0.25, 0.3) is 0 Å². The molecule has 1 rings (SSSR count). The minimum atomic E-state index is -0.826. The number of halogens is 1. The van der Waals surface area contributed by atoms with Gasteiger partial charge in [0.15, 0.2) is 11.5 Å². The number of aliphatic carboxylic acids is 1. The van der Waals surface area contributed by atoms with E-state index in [9.17, 15) is 9.90 Å². The van der Waals surface area contributed by atoms with E-state index in [1.54, 1.807) is 18.9 Å². The van der Waals surface area contributed by atoms with E-state index in [1.807, 2.05) is 25.3 Å². The van der Waals surface area contributed by atoms with Crippen molar-refractivity contribution in [2.24, 2.45) is 0 Å². The van der Waals surface area contributed by atoms with Crippen LogP contribution in [0.4, 0.5) is 0 Å². The highest BCUT2D eigenvalue weighted by molar-refractivity contribution is 9.10. The van der Waals surface area contributed by atoms with Crippen LogP contribution in [0.3, 0.4) is 0 Å². The third-order valence-electron chi connectivity index (χ3n) is 3.20. The molecule has 1 unspecified atom stereocenters. The number of thioether (sulfide) groups is 1. The van der Waals surface area contributed by atoms with Gasteiger partial charge in [-0.3, -0.25) is 4.79 Å². The van der Waals surface area contributed by atoms with Gasteiger partial charge in [-0.05, 0) is 58.5 Å². The maximum atomic E-state index is 11.3. The van der Waals surface area contributed by atoms with Crippen molar-refractivity contribution in [2.75, 3.05) is 25.7 Å². The van der Waals surface area contributed by atoms with Gasteiger partial charge in [0, 0.05) is 6.54 Å². The van der Waals surface area contributed by atoms with Crippen molar-refractivity contribution in [3.63, 3.8) is 0 Å². The smallest absolute Gasteiger partial charge is 0.320 e. The van der Waals surface area contributed by atoms with Crippen molar-refractivity contribution in [2.45, 2.75) is 32.4 Å². The summed E-state index contributed by atoms with van der Waals surface area (Å²) in [6, 6.07) is 3.24. The van der Waals surface area contributed by atoms with Crippen LogP contribution >= 0.6 is 27.7 Å². The molecule has 0 radical (unpaired) electrons. The number of carboxylic acid groups (broad SMARTS) is 1. The van der Waals surface area contributed by atoms with Crippen LogP contribution in [0.5, 0.6) is 11.5 Å². The quantitative estimate of drug-likeness (QED) is 0.586. The second-order valence-corrected chi connectivity index (χ2v) is 6.85. The lowest BCUT2D eigenvalue weighted by molar-refractivity contribution is -0.139. The molecule has 0 aliphatic rings. The fourth-order valence-corrected chi connectivity index (χ4v) is 3.08. The van der Waals surface area contributed by atoms with E-state index in [2.05, 4.69) is 21.2 Å². The van der Waals surface area contributed by atoms with Gasteiger partial charge in [-0.2, -0.15) is 11.8 Å². The normalized spacial score (nSPS) is 12.0. The Hall–Kier alpha value is -0.920. The maximum absolute atomic E-state index is 11.3. The first kappa shape index (κ1) is 20.1. The number of rotatable bonds is 11. The molecule has 0 aromatic heterocycles. The van der Waals surface area contributed by atoms with Gasteiger partial charge in [-0.15, -0.1) is 0 Å². The molecule has 1 aromatic carbocycles. The topological polar surface area (TPSA) is 67.8 Å². The Morgan fingerprint density at radius 1 is 1.48 bits per heavy atom. The average Bonchev–Trinajstić information content (AvgIpc) is 2.53. The molecule has 130 valence electrons. The lowest BCUT2D eigenvalue weighted by Crippen LogP contribution is -2.36. The molecule has 0 heterocycles. The van der Waals surface area contributed by atoms with Crippen LogP contribution in [0.15, 0.2) is 16.6 Å². The van der Waals surface area contributed by atoms with Gasteiger partial charge in [-0.1, -0.05) is 6.92 Å². The van der Waals surface area contributed by atoms with Crippen LogP contribution in [-0.4, -0.2) is 42.8 Å². The minimum absolute atomic E-state index is 0.453. The SMILES string of the molecule is CCCOc1c(Br)cc(CNC(CCSC)C(=O)O)cc1OC. The summed E-state index contributed by atoms with van der Waals surface area (Å²) in [4.78, 5) is 11.3. The summed E-state index contributed by atoms with van der Waals surface area (Å²) in [5, 5.41) is 12.3. The number of methoxy groups -OCH3 is 1. The number of benzene rings is 1. The van der Waals surface area contributed by atoms with Gasteiger partial charge in [-0.25, -0.2) is 0 Å². The van der Waals surface area contributed by atoms with Crippen LogP contribution in [0.1, 0.15) is 25.3 Å². The molecule has 7 heteroatoms. The van der Waals surface area contributed by atoms with E-state index in [-0.39, 0.29) is 0 Å². The molecule has 0 saturated carbocycles. The van der Waals surface area contributed by atoms with Crippen molar-refractivity contribution in [1.82, 2.24) is 5.32 Å². The molecule has 0 spiro atoms. The van der Waals surface area contributed by atoms with Crippen LogP contribution in [0.2, 0.25) is 0 Å². The highest BCUT2D eigenvalue weighted by Gasteiger charge is 2.17. The largest absolute Gasteiger partial charge is 0.493 e. The third kappa shape index (κ3) is 6.61. The molecule has 2 N–H and O–H groups in total. The van der Waals surface area contributed by atoms with Gasteiger partial charge in [0.2, 0.25) is 0 Å². The second kappa shape index (κ2) is 10.8. The van der Waals surface area contributed by atoms with Crippen molar-refractivity contribution in [1.29, 1.82) is 0 Å². The Kier molecular flexibility index (Phi) is 9.43. The lowest BCUT2D eigenvalue weighted by atomic mass is 10.1. The summed E-state index contributed by atoms with van der Waals surface area (Å²) in [7, 11) is 1.59. The summed E-state index contributed by atoms with van der Waals surface area (Å²) in [6.45, 7) is 3.11. The fraction of sp³-hybridized carbons (Fsp3) is 0.562. The standard InChI is InChI=1S/C16H24BrNO4S/c1-4-6-22-15-12(17)8-11(9-14(15)21-2)10-18-13(16(19)20)5-7-23-3/h8-9,13,18H,4-7,10H2,1-3H3,(H,19,20). The highest BCUT2D eigenvalue weighted by atomic mass is 79.9. The van der Waals surface area contributed by atoms with Crippen molar-refractivity contribution >= 4 is 33.7 Å². The second-order valence-electron chi connectivity index (χ2n) is 5.01. The number of carbonyl (C=O) groups is 1. The number of carboxylic acids is 1. The molecule has 0 saturated heterocycles. The zero-order valence-corrected chi connectivity index (χ0v) is 16.1. The monoisotopic (exact) mass is 405 g/mol. The molecule has 0 amide bonds. The predicted octanol–water partition coefficient (Wildman–Crippen LogP) is 3.54. The van der Waals surface area contributed by atoms with Crippen LogP contribution in [0.25, 0.3) is 0 Å². The van der Waals surface area contributed by atoms with Crippen LogP contribution in [0, 0.1) is 0 Å². The zero-order valence-electron chi connectivity index (χ0n) is 13.7. The number of ether oxygens (including phenoxy) is 2. The first-order valence-electron chi connectivity index (χ1n) is 7.47. The third-order valence-corrected chi connectivity index (χ3v) is 4.43. The molecule has 0 bridgehead atoms. The average molecular weight is 406 g/mol. The summed E-state index contributed by atoms with van der Waals surface area (Å²) >= 11 is 5.13. The Bertz CT molecular complexity index is 513. The molecule has 5 nitrogen and oxygen atoms in total. The van der Waals surface area contributed by atoms with Crippen LogP contribution in [-0.2, 0) is 11.3 Å². The van der Waals surface area contributed by atoms with Crippen molar-refractivity contribution < 1.29 is 19.4 Å². The number of nitrogens with one attached hydrogen (secondary N) is 1. The van der Waals surface area contributed by atoms with E-state index < -0.39 is 12.0 Å². The molecule has 0 aliphatic heterocycles. The van der Waals surface area contributed by atoms with Crippen LogP contribution < -0.4 is 14.8 Å². The Morgan fingerprint density at radius 3 is 2.78 bits per heavy atom. The Morgan fingerprint density at radius 2 is 2.22 bits per heavy atom. The van der Waals surface area contributed by atoms with Gasteiger partial charge in [0.1, 0.15) is 6.04 Å². The number of hydrogen-bond donors (Lipinski definition) is 2. The maximum Gasteiger partial charge on any atom is 0.320 e. The van der Waals surface area contributed by atoms with Crippen molar-refractivity contribution in [3.8, 4) is 11.5 Å². The predicted molar refractivity (Wildman–Crippen MR) is 97.7 cm³/mol. The molecule has 23 heavy (non-hydrogen) atoms. The molecule has 1 atom stereocenters. The van der Waals surface area contributed by atoms with E-state index >= 15 is 0 Å². The lowest BCUT2D eigenvalue weighted by Gasteiger charge is -2.16. The Balaban J connectivity index is 2.80. The fourth-order valence-electron chi connectivity index (χ4n) is 2.01. The molecule has 0 aliphatic carbocycles. The summed E-state index contributed by atoms with van der Waals surface area (Å²) < 4.78 is 11.9. The summed E-state index contributed by atoms with van der Waals surface area (Å²) in [5.41, 5.74) is 0.938. The van der Waals surface area contributed by atoms with E-state index in [4.69, 9.17) is 9.47 Å². The Labute approximate surface area is 150 Å². The first-order valence-corrected chi connectivity index (χ1v) is 9.66. The van der Waals surface area contributed by atoms with E-state index in [0.717, 1.165) is 22.2 Å². The first-order chi connectivity index (χ1) is 11.0. The van der Waals surface area contributed by atoms with Gasteiger partial charge < -0.3 is 19.9 Å². The van der Waals surface area contributed by atoms with E-state index in [0.29, 0.717) is 31.1 Å². The summed E-state index contributed by atoms with van der Waals surface area (Å²) in [5.74, 6) is 1.30. The highest BCUT2D eigenvalue weighted by Crippen LogP contribution is 2.36.